The van der Waals surface area contributed by atoms with E-state index in [1.54, 1.807) is 6.07 Å². The van der Waals surface area contributed by atoms with Crippen LogP contribution in [0.25, 0.3) is 0 Å². The first kappa shape index (κ1) is 13.3. The number of benzene rings is 1. The van der Waals surface area contributed by atoms with Crippen molar-refractivity contribution >= 4 is 0 Å². The van der Waals surface area contributed by atoms with E-state index in [1.165, 1.54) is 12.1 Å². The number of nitriles is 1. The van der Waals surface area contributed by atoms with E-state index in [9.17, 15) is 4.39 Å². The predicted molar refractivity (Wildman–Crippen MR) is 72.0 cm³/mol. The van der Waals surface area contributed by atoms with Gasteiger partial charge in [-0.3, -0.25) is 0 Å². The molecular formula is C15H16FN3. The summed E-state index contributed by atoms with van der Waals surface area (Å²) < 4.78 is 15.4. The molecule has 19 heavy (non-hydrogen) atoms. The van der Waals surface area contributed by atoms with Crippen LogP contribution in [0.5, 0.6) is 0 Å². The summed E-state index contributed by atoms with van der Waals surface area (Å²) >= 11 is 0. The van der Waals surface area contributed by atoms with Crippen LogP contribution in [0.3, 0.4) is 0 Å². The largest absolute Gasteiger partial charge is 0.346 e. The first-order valence-electron chi connectivity index (χ1n) is 6.27. The molecule has 0 saturated heterocycles. The molecule has 2 aromatic rings. The maximum absolute atomic E-state index is 13.4. The Balaban J connectivity index is 2.19. The van der Waals surface area contributed by atoms with Crippen molar-refractivity contribution in [1.82, 2.24) is 9.88 Å². The minimum absolute atomic E-state index is 0.357. The Kier molecular flexibility index (Phi) is 4.32. The average Bonchev–Trinajstić information content (AvgIpc) is 2.83. The third-order valence-corrected chi connectivity index (χ3v) is 2.92. The summed E-state index contributed by atoms with van der Waals surface area (Å²) in [5.74, 6) is -0.366. The topological polar surface area (TPSA) is 40.8 Å². The van der Waals surface area contributed by atoms with E-state index < -0.39 is 0 Å². The summed E-state index contributed by atoms with van der Waals surface area (Å²) in [5.41, 5.74) is 2.30. The maximum Gasteiger partial charge on any atom is 0.124 e. The van der Waals surface area contributed by atoms with E-state index in [4.69, 9.17) is 5.26 Å². The number of nitrogens with one attached hydrogen (secondary N) is 1. The predicted octanol–water partition coefficient (Wildman–Crippen LogP) is 2.66. The molecule has 0 bridgehead atoms. The quantitative estimate of drug-likeness (QED) is 0.894. The fourth-order valence-corrected chi connectivity index (χ4v) is 2.02. The minimum atomic E-state index is -0.366. The zero-order valence-electron chi connectivity index (χ0n) is 10.9. The zero-order valence-corrected chi connectivity index (χ0v) is 10.9. The van der Waals surface area contributed by atoms with Crippen molar-refractivity contribution in [1.29, 1.82) is 5.26 Å². The monoisotopic (exact) mass is 257 g/mol. The van der Waals surface area contributed by atoms with Crippen molar-refractivity contribution in [2.75, 3.05) is 6.54 Å². The Hall–Kier alpha value is -2.12. The van der Waals surface area contributed by atoms with Gasteiger partial charge < -0.3 is 9.88 Å². The average molecular weight is 257 g/mol. The van der Waals surface area contributed by atoms with Gasteiger partial charge in [-0.2, -0.15) is 5.26 Å². The van der Waals surface area contributed by atoms with Crippen molar-refractivity contribution in [3.63, 3.8) is 0 Å². The molecule has 0 radical (unpaired) electrons. The van der Waals surface area contributed by atoms with Crippen LogP contribution in [0, 0.1) is 17.1 Å². The number of halogens is 1. The van der Waals surface area contributed by atoms with Gasteiger partial charge in [0.1, 0.15) is 5.82 Å². The molecule has 0 spiro atoms. The van der Waals surface area contributed by atoms with Crippen molar-refractivity contribution in [3.05, 3.63) is 59.2 Å². The Morgan fingerprint density at radius 1 is 1.37 bits per heavy atom. The van der Waals surface area contributed by atoms with Gasteiger partial charge in [0.25, 0.3) is 0 Å². The fourth-order valence-electron chi connectivity index (χ4n) is 2.02. The molecule has 0 aliphatic rings. The fraction of sp³-hybridized carbons (Fsp3) is 0.267. The van der Waals surface area contributed by atoms with E-state index in [0.29, 0.717) is 12.1 Å². The van der Waals surface area contributed by atoms with Crippen molar-refractivity contribution < 1.29 is 4.39 Å². The second kappa shape index (κ2) is 6.17. The molecule has 98 valence electrons. The van der Waals surface area contributed by atoms with Gasteiger partial charge in [0.15, 0.2) is 0 Å². The van der Waals surface area contributed by atoms with Crippen LogP contribution in [0.15, 0.2) is 36.5 Å². The van der Waals surface area contributed by atoms with Gasteiger partial charge >= 0.3 is 0 Å². The molecule has 3 nitrogen and oxygen atoms in total. The third-order valence-electron chi connectivity index (χ3n) is 2.92. The van der Waals surface area contributed by atoms with Crippen LogP contribution in [0.1, 0.15) is 23.7 Å². The van der Waals surface area contributed by atoms with Gasteiger partial charge in [-0.1, -0.05) is 6.92 Å². The molecule has 1 N–H and O–H groups in total. The van der Waals surface area contributed by atoms with E-state index in [-0.39, 0.29) is 5.82 Å². The molecule has 0 atom stereocenters. The third kappa shape index (κ3) is 3.43. The summed E-state index contributed by atoms with van der Waals surface area (Å²) in [6, 6.07) is 10.4. The van der Waals surface area contributed by atoms with Gasteiger partial charge in [0, 0.05) is 25.0 Å². The van der Waals surface area contributed by atoms with Crippen LogP contribution in [0.4, 0.5) is 4.39 Å². The standard InChI is InChI=1S/C15H16FN3/c1-2-18-10-15-4-3-5-19(15)11-13-6-12(9-17)7-14(16)8-13/h3-8,18H,2,10-11H2,1H3. The number of hydrogen-bond acceptors (Lipinski definition) is 2. The van der Waals surface area contributed by atoms with Crippen LogP contribution < -0.4 is 5.32 Å². The van der Waals surface area contributed by atoms with Gasteiger partial charge in [0.05, 0.1) is 11.6 Å². The maximum atomic E-state index is 13.4. The summed E-state index contributed by atoms with van der Waals surface area (Å²) in [6.45, 7) is 4.31. The summed E-state index contributed by atoms with van der Waals surface area (Å²) in [6.07, 6.45) is 1.96. The van der Waals surface area contributed by atoms with Gasteiger partial charge in [-0.05, 0) is 42.4 Å². The smallest absolute Gasteiger partial charge is 0.124 e. The van der Waals surface area contributed by atoms with Crippen LogP contribution in [-0.2, 0) is 13.1 Å². The number of aromatic nitrogens is 1. The first-order chi connectivity index (χ1) is 9.22. The molecule has 4 heteroatoms. The highest BCUT2D eigenvalue weighted by Gasteiger charge is 2.04. The van der Waals surface area contributed by atoms with Crippen LogP contribution >= 0.6 is 0 Å². The highest BCUT2D eigenvalue weighted by atomic mass is 19.1. The van der Waals surface area contributed by atoms with E-state index >= 15 is 0 Å². The van der Waals surface area contributed by atoms with Gasteiger partial charge in [0.2, 0.25) is 0 Å². The summed E-state index contributed by atoms with van der Waals surface area (Å²) in [7, 11) is 0. The van der Waals surface area contributed by atoms with E-state index in [1.807, 2.05) is 24.4 Å². The Morgan fingerprint density at radius 3 is 2.95 bits per heavy atom. The molecule has 1 aromatic heterocycles. The summed E-state index contributed by atoms with van der Waals surface area (Å²) in [4.78, 5) is 0. The molecule has 1 aromatic carbocycles. The second-order valence-corrected chi connectivity index (χ2v) is 4.37. The molecule has 0 amide bonds. The van der Waals surface area contributed by atoms with Crippen LogP contribution in [0.2, 0.25) is 0 Å². The second-order valence-electron chi connectivity index (χ2n) is 4.37. The number of nitrogens with zero attached hydrogens (tertiary/aromatic N) is 2. The molecule has 0 saturated carbocycles. The molecule has 2 rings (SSSR count). The molecule has 0 aliphatic heterocycles. The van der Waals surface area contributed by atoms with Crippen LogP contribution in [-0.4, -0.2) is 11.1 Å². The lowest BCUT2D eigenvalue weighted by atomic mass is 10.1. The highest BCUT2D eigenvalue weighted by Crippen LogP contribution is 2.12. The number of rotatable bonds is 5. The highest BCUT2D eigenvalue weighted by molar-refractivity contribution is 5.34. The Labute approximate surface area is 112 Å². The molecule has 0 unspecified atom stereocenters. The normalized spacial score (nSPS) is 10.4. The lowest BCUT2D eigenvalue weighted by molar-refractivity contribution is 0.619. The van der Waals surface area contributed by atoms with Gasteiger partial charge in [-0.15, -0.1) is 0 Å². The van der Waals surface area contributed by atoms with E-state index in [0.717, 1.165) is 24.3 Å². The Morgan fingerprint density at radius 2 is 2.21 bits per heavy atom. The first-order valence-corrected chi connectivity index (χ1v) is 6.27. The molecule has 0 aliphatic carbocycles. The lowest BCUT2D eigenvalue weighted by Crippen LogP contribution is -2.15. The molecule has 0 fully saturated rings. The van der Waals surface area contributed by atoms with E-state index in [2.05, 4.69) is 16.8 Å². The minimum Gasteiger partial charge on any atom is -0.346 e. The van der Waals surface area contributed by atoms with Crippen molar-refractivity contribution in [2.45, 2.75) is 20.0 Å². The zero-order chi connectivity index (χ0) is 13.7. The van der Waals surface area contributed by atoms with Crippen molar-refractivity contribution in [2.24, 2.45) is 0 Å². The molecular weight excluding hydrogens is 241 g/mol. The van der Waals surface area contributed by atoms with Crippen molar-refractivity contribution in [3.8, 4) is 6.07 Å². The SMILES string of the molecule is CCNCc1cccn1Cc1cc(F)cc(C#N)c1. The molecule has 1 heterocycles. The summed E-state index contributed by atoms with van der Waals surface area (Å²) in [5, 5.41) is 12.1. The van der Waals surface area contributed by atoms with Gasteiger partial charge in [-0.25, -0.2) is 4.39 Å². The number of hydrogen-bond donors (Lipinski definition) is 1. The Bertz CT molecular complexity index is 596. The lowest BCUT2D eigenvalue weighted by Gasteiger charge is -2.10.